The quantitative estimate of drug-likeness (QED) is 0.879. The van der Waals surface area contributed by atoms with Gasteiger partial charge in [-0.25, -0.2) is 4.98 Å². The molecule has 0 aromatic carbocycles. The first-order valence-corrected chi connectivity index (χ1v) is 7.48. The van der Waals surface area contributed by atoms with Gasteiger partial charge in [-0.2, -0.15) is 0 Å². The lowest BCUT2D eigenvalue weighted by Crippen LogP contribution is -2.34. The van der Waals surface area contributed by atoms with E-state index in [1.807, 2.05) is 13.1 Å². The summed E-state index contributed by atoms with van der Waals surface area (Å²) in [7, 11) is 0. The van der Waals surface area contributed by atoms with E-state index in [0.717, 1.165) is 28.5 Å². The van der Waals surface area contributed by atoms with Crippen LogP contribution in [0.1, 0.15) is 50.0 Å². The van der Waals surface area contributed by atoms with Gasteiger partial charge in [-0.05, 0) is 32.1 Å². The fourth-order valence-electron chi connectivity index (χ4n) is 3.25. The van der Waals surface area contributed by atoms with Gasteiger partial charge >= 0.3 is 0 Å². The number of thiazole rings is 1. The van der Waals surface area contributed by atoms with Crippen LogP contribution >= 0.6 is 11.3 Å². The second-order valence-electron chi connectivity index (χ2n) is 5.32. The minimum Gasteiger partial charge on any atom is -0.388 e. The summed E-state index contributed by atoms with van der Waals surface area (Å²) in [6.45, 7) is 2.97. The van der Waals surface area contributed by atoms with Crippen molar-refractivity contribution in [2.75, 3.05) is 11.4 Å². The van der Waals surface area contributed by atoms with E-state index in [1.54, 1.807) is 11.3 Å². The van der Waals surface area contributed by atoms with E-state index in [-0.39, 0.29) is 6.10 Å². The topological polar surface area (TPSA) is 36.4 Å². The Hall–Kier alpha value is -0.610. The third-order valence-corrected chi connectivity index (χ3v) is 5.38. The molecule has 0 amide bonds. The number of anilines is 1. The number of aromatic nitrogens is 1. The van der Waals surface area contributed by atoms with Gasteiger partial charge in [0.05, 0.1) is 11.0 Å². The molecule has 94 valence electrons. The second kappa shape index (κ2) is 4.58. The maximum Gasteiger partial charge on any atom is 0.185 e. The molecule has 1 saturated heterocycles. The molecular formula is C13H20N2OS. The largest absolute Gasteiger partial charge is 0.388 e. The summed E-state index contributed by atoms with van der Waals surface area (Å²) in [4.78, 5) is 7.97. The van der Waals surface area contributed by atoms with Gasteiger partial charge in [-0.1, -0.05) is 24.2 Å². The van der Waals surface area contributed by atoms with Crippen LogP contribution in [0.5, 0.6) is 0 Å². The van der Waals surface area contributed by atoms with E-state index in [0.29, 0.717) is 0 Å². The molecule has 2 fully saturated rings. The van der Waals surface area contributed by atoms with E-state index >= 15 is 0 Å². The Balaban J connectivity index is 1.79. The number of fused-ring (bicyclic) bond motifs is 1. The third kappa shape index (κ3) is 2.08. The number of hydrogen-bond acceptors (Lipinski definition) is 4. The van der Waals surface area contributed by atoms with E-state index in [1.165, 1.54) is 32.1 Å². The lowest BCUT2D eigenvalue weighted by atomic mass is 9.85. The highest BCUT2D eigenvalue weighted by atomic mass is 32.1. The molecule has 1 aliphatic carbocycles. The Morgan fingerprint density at radius 1 is 1.41 bits per heavy atom. The van der Waals surface area contributed by atoms with Crippen molar-refractivity contribution in [3.05, 3.63) is 11.1 Å². The second-order valence-corrected chi connectivity index (χ2v) is 6.36. The third-order valence-electron chi connectivity index (χ3n) is 4.18. The predicted molar refractivity (Wildman–Crippen MR) is 70.5 cm³/mol. The van der Waals surface area contributed by atoms with Crippen molar-refractivity contribution in [1.82, 2.24) is 4.98 Å². The van der Waals surface area contributed by atoms with Crippen molar-refractivity contribution < 1.29 is 5.11 Å². The molecule has 1 aromatic heterocycles. The number of rotatable bonds is 2. The molecule has 2 aliphatic rings. The van der Waals surface area contributed by atoms with Crippen LogP contribution in [0.2, 0.25) is 0 Å². The van der Waals surface area contributed by atoms with Crippen molar-refractivity contribution in [1.29, 1.82) is 0 Å². The minimum absolute atomic E-state index is 0.383. The molecule has 1 aromatic rings. The highest BCUT2D eigenvalue weighted by Crippen LogP contribution is 2.40. The zero-order chi connectivity index (χ0) is 11.8. The first-order valence-electron chi connectivity index (χ1n) is 6.66. The molecule has 4 heteroatoms. The van der Waals surface area contributed by atoms with Crippen LogP contribution in [0.25, 0.3) is 0 Å². The molecular weight excluding hydrogens is 232 g/mol. The molecule has 1 aliphatic heterocycles. The number of hydrogen-bond donors (Lipinski definition) is 1. The van der Waals surface area contributed by atoms with Crippen LogP contribution < -0.4 is 4.90 Å². The van der Waals surface area contributed by atoms with Gasteiger partial charge in [0.15, 0.2) is 5.13 Å². The Bertz CT molecular complexity index is 391. The van der Waals surface area contributed by atoms with Gasteiger partial charge < -0.3 is 10.0 Å². The zero-order valence-electron chi connectivity index (χ0n) is 10.3. The molecule has 3 rings (SSSR count). The minimum atomic E-state index is -0.383. The van der Waals surface area contributed by atoms with E-state index in [4.69, 9.17) is 0 Å². The maximum absolute atomic E-state index is 9.56. The van der Waals surface area contributed by atoms with E-state index in [2.05, 4.69) is 9.88 Å². The first-order chi connectivity index (χ1) is 8.25. The average Bonchev–Trinajstić information content (AvgIpc) is 2.95. The van der Waals surface area contributed by atoms with Crippen LogP contribution in [0.4, 0.5) is 5.13 Å². The van der Waals surface area contributed by atoms with Crippen LogP contribution in [-0.2, 0) is 0 Å². The zero-order valence-corrected chi connectivity index (χ0v) is 11.1. The fourth-order valence-corrected chi connectivity index (χ4v) is 4.18. The predicted octanol–water partition coefficient (Wildman–Crippen LogP) is 2.97. The molecule has 0 bridgehead atoms. The van der Waals surface area contributed by atoms with Crippen LogP contribution in [0.3, 0.4) is 0 Å². The summed E-state index contributed by atoms with van der Waals surface area (Å²) in [5.74, 6) is 0.891. The molecule has 0 spiro atoms. The summed E-state index contributed by atoms with van der Waals surface area (Å²) in [6.07, 6.45) is 8.28. The van der Waals surface area contributed by atoms with Crippen LogP contribution in [0.15, 0.2) is 6.20 Å². The van der Waals surface area contributed by atoms with Crippen molar-refractivity contribution in [2.24, 2.45) is 5.92 Å². The Labute approximate surface area is 106 Å². The standard InChI is InChI=1S/C13H20N2OS/c1-9(16)12-8-14-13(17-12)15-7-6-10-4-2-3-5-11(10)15/h8-11,16H,2-7H2,1H3. The summed E-state index contributed by atoms with van der Waals surface area (Å²) in [5, 5.41) is 10.7. The van der Waals surface area contributed by atoms with Gasteiger partial charge in [0.25, 0.3) is 0 Å². The van der Waals surface area contributed by atoms with Crippen molar-refractivity contribution in [2.45, 2.75) is 51.2 Å². The normalized spacial score (nSPS) is 30.4. The summed E-state index contributed by atoms with van der Waals surface area (Å²) < 4.78 is 0. The number of aliphatic hydroxyl groups is 1. The Morgan fingerprint density at radius 3 is 3.00 bits per heavy atom. The fraction of sp³-hybridized carbons (Fsp3) is 0.769. The van der Waals surface area contributed by atoms with Gasteiger partial charge in [0.1, 0.15) is 0 Å². The SMILES string of the molecule is CC(O)c1cnc(N2CCC3CCCCC32)s1. The average molecular weight is 252 g/mol. The molecule has 1 N–H and O–H groups in total. The van der Waals surface area contributed by atoms with Crippen LogP contribution in [0, 0.1) is 5.92 Å². The molecule has 3 nitrogen and oxygen atoms in total. The van der Waals surface area contributed by atoms with Crippen molar-refractivity contribution in [3.8, 4) is 0 Å². The monoisotopic (exact) mass is 252 g/mol. The summed E-state index contributed by atoms with van der Waals surface area (Å²) in [6, 6.07) is 0.719. The van der Waals surface area contributed by atoms with Crippen molar-refractivity contribution in [3.63, 3.8) is 0 Å². The van der Waals surface area contributed by atoms with Gasteiger partial charge in [-0.15, -0.1) is 0 Å². The highest BCUT2D eigenvalue weighted by Gasteiger charge is 2.36. The number of aliphatic hydroxyl groups excluding tert-OH is 1. The van der Waals surface area contributed by atoms with Crippen molar-refractivity contribution >= 4 is 16.5 Å². The molecule has 3 unspecified atom stereocenters. The molecule has 0 radical (unpaired) electrons. The highest BCUT2D eigenvalue weighted by molar-refractivity contribution is 7.15. The number of nitrogens with zero attached hydrogens (tertiary/aromatic N) is 2. The van der Waals surface area contributed by atoms with E-state index in [9.17, 15) is 5.11 Å². The van der Waals surface area contributed by atoms with Gasteiger partial charge in [-0.3, -0.25) is 0 Å². The Morgan fingerprint density at radius 2 is 2.24 bits per heavy atom. The van der Waals surface area contributed by atoms with Crippen LogP contribution in [-0.4, -0.2) is 22.7 Å². The lowest BCUT2D eigenvalue weighted by molar-refractivity contribution is 0.203. The molecule has 17 heavy (non-hydrogen) atoms. The Kier molecular flexibility index (Phi) is 3.09. The van der Waals surface area contributed by atoms with E-state index < -0.39 is 0 Å². The maximum atomic E-state index is 9.56. The summed E-state index contributed by atoms with van der Waals surface area (Å²) in [5.41, 5.74) is 0. The first kappa shape index (κ1) is 11.5. The van der Waals surface area contributed by atoms with Gasteiger partial charge in [0, 0.05) is 18.8 Å². The summed E-state index contributed by atoms with van der Waals surface area (Å²) >= 11 is 1.66. The molecule has 2 heterocycles. The molecule has 3 atom stereocenters. The lowest BCUT2D eigenvalue weighted by Gasteiger charge is -2.31. The smallest absolute Gasteiger partial charge is 0.185 e. The van der Waals surface area contributed by atoms with Gasteiger partial charge in [0.2, 0.25) is 0 Å². The molecule has 1 saturated carbocycles.